The van der Waals surface area contributed by atoms with Crippen LogP contribution in [-0.2, 0) is 36.3 Å². The van der Waals surface area contributed by atoms with Crippen LogP contribution in [0, 0.1) is 0 Å². The first-order chi connectivity index (χ1) is 16.1. The average Bonchev–Trinajstić information content (AvgIpc) is 3.43. The minimum atomic E-state index is -0.143. The van der Waals surface area contributed by atoms with E-state index >= 15 is 0 Å². The molecule has 0 bridgehead atoms. The molecule has 172 valence electrons. The fourth-order valence-electron chi connectivity index (χ4n) is 4.25. The molecule has 0 N–H and O–H groups in total. The smallest absolute Gasteiger partial charge is 0.237 e. The van der Waals surface area contributed by atoms with Crippen LogP contribution in [0.15, 0.2) is 55.1 Å². The first-order valence-corrected chi connectivity index (χ1v) is 11.0. The van der Waals surface area contributed by atoms with Crippen molar-refractivity contribution in [1.82, 2.24) is 24.6 Å². The highest BCUT2D eigenvalue weighted by Crippen LogP contribution is 2.36. The zero-order chi connectivity index (χ0) is 22.6. The Balaban J connectivity index is 1.33. The van der Waals surface area contributed by atoms with E-state index in [1.54, 1.807) is 23.3 Å². The lowest BCUT2D eigenvalue weighted by Crippen LogP contribution is -2.37. The van der Waals surface area contributed by atoms with Gasteiger partial charge in [-0.1, -0.05) is 12.1 Å². The average molecular weight is 450 g/mol. The lowest BCUT2D eigenvalue weighted by molar-refractivity contribution is -0.132. The molecule has 1 amide bonds. The molecule has 3 aromatic rings. The summed E-state index contributed by atoms with van der Waals surface area (Å²) >= 11 is 0. The van der Waals surface area contributed by atoms with Gasteiger partial charge in [0.2, 0.25) is 12.7 Å². The van der Waals surface area contributed by atoms with Crippen LogP contribution in [0.5, 0.6) is 11.5 Å². The van der Waals surface area contributed by atoms with E-state index in [0.29, 0.717) is 39.3 Å². The second-order valence-electron chi connectivity index (χ2n) is 8.41. The van der Waals surface area contributed by atoms with Crippen LogP contribution in [0.25, 0.3) is 0 Å². The fraction of sp³-hybridized carbons (Fsp3) is 0.375. The number of amides is 1. The van der Waals surface area contributed by atoms with Crippen molar-refractivity contribution in [2.75, 3.05) is 26.4 Å². The Kier molecular flexibility index (Phi) is 6.23. The molecule has 1 fully saturated rings. The number of fused-ring (bicyclic) bond motifs is 1. The van der Waals surface area contributed by atoms with Gasteiger partial charge in [0.15, 0.2) is 11.5 Å². The maximum Gasteiger partial charge on any atom is 0.237 e. The van der Waals surface area contributed by atoms with E-state index in [2.05, 4.69) is 15.0 Å². The number of rotatable bonds is 7. The zero-order valence-corrected chi connectivity index (χ0v) is 18.6. The zero-order valence-electron chi connectivity index (χ0n) is 18.6. The summed E-state index contributed by atoms with van der Waals surface area (Å²) in [6, 6.07) is 9.75. The molecule has 9 heteroatoms. The quantitative estimate of drug-likeness (QED) is 0.546. The van der Waals surface area contributed by atoms with Crippen molar-refractivity contribution in [2.45, 2.75) is 25.8 Å². The second-order valence-corrected chi connectivity index (χ2v) is 8.41. The van der Waals surface area contributed by atoms with Gasteiger partial charge in [0.25, 0.3) is 0 Å². The number of benzene rings is 1. The first kappa shape index (κ1) is 21.4. The standard InChI is InChI=1S/C24H27N5O4/c1-27-10-19(9-26-27)11-29-14-21(31-16-18-5-7-25-8-6-18)13-28(15-23(29)30)12-20-3-2-4-22-24(20)33-17-32-22/h2-10,21H,11-17H2,1H3/t21-/m0/s1. The van der Waals surface area contributed by atoms with Gasteiger partial charge in [-0.05, 0) is 23.8 Å². The van der Waals surface area contributed by atoms with Crippen LogP contribution in [0.3, 0.4) is 0 Å². The van der Waals surface area contributed by atoms with Gasteiger partial charge in [0.05, 0.1) is 25.5 Å². The van der Waals surface area contributed by atoms with Crippen molar-refractivity contribution < 1.29 is 19.0 Å². The van der Waals surface area contributed by atoms with Gasteiger partial charge in [-0.25, -0.2) is 0 Å². The summed E-state index contributed by atoms with van der Waals surface area (Å²) in [6.07, 6.45) is 7.11. The SMILES string of the molecule is Cn1cc(CN2C[C@@H](OCc3ccncc3)CN(Cc3cccc4c3OCO4)CC2=O)cn1. The molecule has 9 nitrogen and oxygen atoms in total. The maximum absolute atomic E-state index is 13.2. The molecule has 33 heavy (non-hydrogen) atoms. The van der Waals surface area contributed by atoms with Crippen LogP contribution < -0.4 is 9.47 Å². The van der Waals surface area contributed by atoms with Crippen molar-refractivity contribution >= 4 is 5.91 Å². The number of hydrogen-bond donors (Lipinski definition) is 0. The van der Waals surface area contributed by atoms with Gasteiger partial charge in [0.1, 0.15) is 0 Å². The molecule has 4 heterocycles. The van der Waals surface area contributed by atoms with E-state index in [-0.39, 0.29) is 18.8 Å². The van der Waals surface area contributed by atoms with Crippen molar-refractivity contribution in [2.24, 2.45) is 7.05 Å². The van der Waals surface area contributed by atoms with Crippen LogP contribution in [-0.4, -0.2) is 63.0 Å². The van der Waals surface area contributed by atoms with Gasteiger partial charge < -0.3 is 19.1 Å². The number of carbonyl (C=O) groups excluding carboxylic acids is 1. The predicted molar refractivity (Wildman–Crippen MR) is 119 cm³/mol. The predicted octanol–water partition coefficient (Wildman–Crippen LogP) is 1.97. The summed E-state index contributed by atoms with van der Waals surface area (Å²) in [4.78, 5) is 21.3. The first-order valence-electron chi connectivity index (χ1n) is 11.0. The van der Waals surface area contributed by atoms with E-state index < -0.39 is 0 Å². The summed E-state index contributed by atoms with van der Waals surface area (Å²) in [7, 11) is 1.88. The Morgan fingerprint density at radius 1 is 1.09 bits per heavy atom. The number of nitrogens with zero attached hydrogens (tertiary/aromatic N) is 5. The molecule has 0 spiro atoms. The molecular formula is C24H27N5O4. The highest BCUT2D eigenvalue weighted by Gasteiger charge is 2.30. The number of para-hydroxylation sites is 1. The number of hydrogen-bond acceptors (Lipinski definition) is 7. The molecule has 1 aromatic carbocycles. The molecule has 2 aliphatic rings. The minimum absolute atomic E-state index is 0.0682. The Morgan fingerprint density at radius 2 is 1.97 bits per heavy atom. The van der Waals surface area contributed by atoms with Gasteiger partial charge in [-0.3, -0.25) is 19.4 Å². The molecule has 1 saturated heterocycles. The summed E-state index contributed by atoms with van der Waals surface area (Å²) in [5, 5.41) is 4.24. The van der Waals surface area contributed by atoms with E-state index in [1.165, 1.54) is 0 Å². The number of aromatic nitrogens is 3. The van der Waals surface area contributed by atoms with Crippen LogP contribution in [0.4, 0.5) is 0 Å². The molecule has 2 aromatic heterocycles. The number of carbonyl (C=O) groups is 1. The third-order valence-electron chi connectivity index (χ3n) is 5.84. The van der Waals surface area contributed by atoms with Crippen LogP contribution >= 0.6 is 0 Å². The Hall–Kier alpha value is -3.43. The maximum atomic E-state index is 13.2. The molecule has 0 radical (unpaired) electrons. The highest BCUT2D eigenvalue weighted by molar-refractivity contribution is 5.78. The minimum Gasteiger partial charge on any atom is -0.454 e. The Morgan fingerprint density at radius 3 is 2.79 bits per heavy atom. The van der Waals surface area contributed by atoms with Crippen LogP contribution in [0.2, 0.25) is 0 Å². The summed E-state index contributed by atoms with van der Waals surface area (Å²) in [5.41, 5.74) is 3.06. The van der Waals surface area contributed by atoms with Gasteiger partial charge in [-0.2, -0.15) is 5.10 Å². The largest absolute Gasteiger partial charge is 0.454 e. The molecule has 0 aliphatic carbocycles. The van der Waals surface area contributed by atoms with Gasteiger partial charge in [-0.15, -0.1) is 0 Å². The normalized spacial score (nSPS) is 18.5. The molecule has 0 unspecified atom stereocenters. The summed E-state index contributed by atoms with van der Waals surface area (Å²) in [5.74, 6) is 1.58. The van der Waals surface area contributed by atoms with E-state index in [9.17, 15) is 4.79 Å². The number of ether oxygens (including phenoxy) is 3. The molecular weight excluding hydrogens is 422 g/mol. The summed E-state index contributed by atoms with van der Waals surface area (Å²) < 4.78 is 19.2. The highest BCUT2D eigenvalue weighted by atomic mass is 16.7. The second kappa shape index (κ2) is 9.60. The number of pyridine rings is 1. The van der Waals surface area contributed by atoms with Crippen molar-refractivity contribution in [3.63, 3.8) is 0 Å². The monoisotopic (exact) mass is 449 g/mol. The van der Waals surface area contributed by atoms with E-state index in [4.69, 9.17) is 14.2 Å². The Bertz CT molecular complexity index is 1100. The van der Waals surface area contributed by atoms with Crippen molar-refractivity contribution in [1.29, 1.82) is 0 Å². The fourth-order valence-corrected chi connectivity index (χ4v) is 4.25. The summed E-state index contributed by atoms with van der Waals surface area (Å²) in [6.45, 7) is 3.23. The van der Waals surface area contributed by atoms with Gasteiger partial charge >= 0.3 is 0 Å². The van der Waals surface area contributed by atoms with E-state index in [0.717, 1.165) is 28.2 Å². The van der Waals surface area contributed by atoms with E-state index in [1.807, 2.05) is 48.5 Å². The Labute approximate surface area is 192 Å². The van der Waals surface area contributed by atoms with Gasteiger partial charge in [0, 0.05) is 62.9 Å². The third-order valence-corrected chi connectivity index (χ3v) is 5.84. The topological polar surface area (TPSA) is 82.0 Å². The molecule has 0 saturated carbocycles. The molecule has 1 atom stereocenters. The lowest BCUT2D eigenvalue weighted by Gasteiger charge is -2.25. The lowest BCUT2D eigenvalue weighted by atomic mass is 10.1. The van der Waals surface area contributed by atoms with Crippen LogP contribution in [0.1, 0.15) is 16.7 Å². The van der Waals surface area contributed by atoms with Crippen molar-refractivity contribution in [3.05, 3.63) is 71.8 Å². The molecule has 5 rings (SSSR count). The van der Waals surface area contributed by atoms with Crippen molar-refractivity contribution in [3.8, 4) is 11.5 Å². The number of aryl methyl sites for hydroxylation is 1. The third kappa shape index (κ3) is 5.15. The molecule has 2 aliphatic heterocycles.